The average molecular weight is 304 g/mol. The molecule has 0 spiro atoms. The number of ether oxygens (including phenoxy) is 1. The van der Waals surface area contributed by atoms with Crippen LogP contribution in [0.3, 0.4) is 0 Å². The summed E-state index contributed by atoms with van der Waals surface area (Å²) >= 11 is 0. The summed E-state index contributed by atoms with van der Waals surface area (Å²) in [5, 5.41) is 0. The Morgan fingerprint density at radius 3 is 2.48 bits per heavy atom. The first-order chi connectivity index (χ1) is 10.1. The van der Waals surface area contributed by atoms with Crippen LogP contribution >= 0.6 is 0 Å². The van der Waals surface area contributed by atoms with Gasteiger partial charge in [-0.3, -0.25) is 4.90 Å². The number of benzene rings is 1. The Morgan fingerprint density at radius 2 is 1.81 bits per heavy atom. The van der Waals surface area contributed by atoms with Crippen LogP contribution in [0.4, 0.5) is 0 Å². The van der Waals surface area contributed by atoms with E-state index in [9.17, 15) is 0 Å². The summed E-state index contributed by atoms with van der Waals surface area (Å²) in [6.45, 7) is 10.7. The van der Waals surface area contributed by atoms with Crippen LogP contribution in [0.25, 0.3) is 0 Å². The van der Waals surface area contributed by atoms with Gasteiger partial charge in [-0.2, -0.15) is 0 Å². The molecule has 0 bridgehead atoms. The Hall–Kier alpha value is -0.643. The SMILES string of the molecule is C[Si]1(C)C[C@H](CN2CCOCC2)CC[C@H]1c1ccccc1. The molecule has 0 unspecified atom stereocenters. The van der Waals surface area contributed by atoms with Crippen molar-refractivity contribution in [3.63, 3.8) is 0 Å². The van der Waals surface area contributed by atoms with Gasteiger partial charge in [0.25, 0.3) is 0 Å². The molecular weight excluding hydrogens is 274 g/mol. The summed E-state index contributed by atoms with van der Waals surface area (Å²) < 4.78 is 5.47. The molecule has 0 amide bonds. The van der Waals surface area contributed by atoms with Gasteiger partial charge < -0.3 is 4.74 Å². The smallest absolute Gasteiger partial charge is 0.0594 e. The molecule has 21 heavy (non-hydrogen) atoms. The van der Waals surface area contributed by atoms with Gasteiger partial charge in [0.15, 0.2) is 0 Å². The predicted molar refractivity (Wildman–Crippen MR) is 91.5 cm³/mol. The zero-order valence-corrected chi connectivity index (χ0v) is 14.6. The van der Waals surface area contributed by atoms with Gasteiger partial charge in [0.1, 0.15) is 0 Å². The van der Waals surface area contributed by atoms with Crippen molar-refractivity contribution in [2.24, 2.45) is 5.92 Å². The maximum Gasteiger partial charge on any atom is 0.0594 e. The van der Waals surface area contributed by atoms with Gasteiger partial charge in [0.05, 0.1) is 21.3 Å². The third kappa shape index (κ3) is 3.76. The fourth-order valence-electron chi connectivity index (χ4n) is 4.39. The first-order valence-corrected chi connectivity index (χ1v) is 11.8. The summed E-state index contributed by atoms with van der Waals surface area (Å²) in [5.74, 6) is 0.921. The second kappa shape index (κ2) is 6.63. The lowest BCUT2D eigenvalue weighted by atomic mass is 9.98. The third-order valence-electron chi connectivity index (χ3n) is 5.44. The van der Waals surface area contributed by atoms with Crippen LogP contribution < -0.4 is 0 Å². The summed E-state index contributed by atoms with van der Waals surface area (Å²) in [7, 11) is -1.17. The van der Waals surface area contributed by atoms with Crippen LogP contribution in [-0.2, 0) is 4.74 Å². The minimum absolute atomic E-state index is 0.861. The molecule has 1 aromatic carbocycles. The molecular formula is C18H29NOSi. The Kier molecular flexibility index (Phi) is 4.82. The van der Waals surface area contributed by atoms with E-state index < -0.39 is 8.07 Å². The molecule has 0 radical (unpaired) electrons. The van der Waals surface area contributed by atoms with Crippen molar-refractivity contribution in [2.75, 3.05) is 32.8 Å². The van der Waals surface area contributed by atoms with E-state index in [0.29, 0.717) is 0 Å². The highest BCUT2D eigenvalue weighted by Crippen LogP contribution is 2.42. The summed E-state index contributed by atoms with van der Waals surface area (Å²) in [6.07, 6.45) is 2.81. The number of rotatable bonds is 3. The van der Waals surface area contributed by atoms with Crippen LogP contribution in [0.15, 0.2) is 30.3 Å². The molecule has 0 N–H and O–H groups in total. The molecule has 2 fully saturated rings. The van der Waals surface area contributed by atoms with Gasteiger partial charge in [0, 0.05) is 19.6 Å². The Morgan fingerprint density at radius 1 is 1.10 bits per heavy atom. The van der Waals surface area contributed by atoms with Crippen LogP contribution in [0.1, 0.15) is 23.9 Å². The quantitative estimate of drug-likeness (QED) is 0.788. The Bertz CT molecular complexity index is 442. The van der Waals surface area contributed by atoms with Gasteiger partial charge in [-0.15, -0.1) is 0 Å². The highest BCUT2D eigenvalue weighted by molar-refractivity contribution is 6.79. The molecule has 2 aliphatic rings. The molecule has 2 saturated heterocycles. The molecule has 2 nitrogen and oxygen atoms in total. The maximum absolute atomic E-state index is 5.47. The minimum atomic E-state index is -1.17. The van der Waals surface area contributed by atoms with E-state index in [2.05, 4.69) is 48.3 Å². The first-order valence-electron chi connectivity index (χ1n) is 8.50. The molecule has 3 heteroatoms. The Labute approximate surface area is 130 Å². The van der Waals surface area contributed by atoms with Crippen molar-refractivity contribution in [2.45, 2.75) is 37.5 Å². The van der Waals surface area contributed by atoms with Crippen LogP contribution in [-0.4, -0.2) is 45.8 Å². The van der Waals surface area contributed by atoms with E-state index in [1.165, 1.54) is 25.4 Å². The molecule has 3 rings (SSSR count). The standard InChI is InChI=1S/C18H29NOSi/c1-21(2)15-16(14-19-10-12-20-13-11-19)8-9-18(21)17-6-4-3-5-7-17/h3-7,16,18H,8-15H2,1-2H3/t16-,18-/m0/s1. The fraction of sp³-hybridized carbons (Fsp3) is 0.667. The Balaban J connectivity index is 1.61. The van der Waals surface area contributed by atoms with Crippen molar-refractivity contribution in [3.05, 3.63) is 35.9 Å². The summed E-state index contributed by atoms with van der Waals surface area (Å²) in [4.78, 5) is 2.63. The van der Waals surface area contributed by atoms with Crippen LogP contribution in [0.5, 0.6) is 0 Å². The normalized spacial score (nSPS) is 30.2. The highest BCUT2D eigenvalue weighted by atomic mass is 28.3. The summed E-state index contributed by atoms with van der Waals surface area (Å²) in [5.41, 5.74) is 2.46. The number of hydrogen-bond acceptors (Lipinski definition) is 2. The lowest BCUT2D eigenvalue weighted by Gasteiger charge is -2.43. The topological polar surface area (TPSA) is 12.5 Å². The van der Waals surface area contributed by atoms with Crippen molar-refractivity contribution < 1.29 is 4.74 Å². The zero-order valence-electron chi connectivity index (χ0n) is 13.6. The average Bonchev–Trinajstić information content (AvgIpc) is 2.48. The monoisotopic (exact) mass is 303 g/mol. The molecule has 1 aromatic rings. The lowest BCUT2D eigenvalue weighted by molar-refractivity contribution is 0.0306. The van der Waals surface area contributed by atoms with E-state index >= 15 is 0 Å². The summed E-state index contributed by atoms with van der Waals surface area (Å²) in [6, 6.07) is 12.7. The number of morpholine rings is 1. The van der Waals surface area contributed by atoms with E-state index in [1.807, 2.05) is 0 Å². The van der Waals surface area contributed by atoms with Gasteiger partial charge in [-0.25, -0.2) is 0 Å². The highest BCUT2D eigenvalue weighted by Gasteiger charge is 2.39. The molecule has 0 aliphatic carbocycles. The molecule has 116 valence electrons. The molecule has 2 atom stereocenters. The zero-order chi connectivity index (χ0) is 14.7. The second-order valence-electron chi connectivity index (χ2n) is 7.51. The van der Waals surface area contributed by atoms with E-state index in [4.69, 9.17) is 4.74 Å². The van der Waals surface area contributed by atoms with Gasteiger partial charge in [-0.1, -0.05) is 49.5 Å². The molecule has 2 heterocycles. The predicted octanol–water partition coefficient (Wildman–Crippen LogP) is 3.76. The van der Waals surface area contributed by atoms with E-state index in [1.54, 1.807) is 5.56 Å². The van der Waals surface area contributed by atoms with Gasteiger partial charge >= 0.3 is 0 Å². The molecule has 0 saturated carbocycles. The van der Waals surface area contributed by atoms with Crippen molar-refractivity contribution in [1.29, 1.82) is 0 Å². The van der Waals surface area contributed by atoms with Crippen molar-refractivity contribution in [1.82, 2.24) is 4.90 Å². The van der Waals surface area contributed by atoms with Gasteiger partial charge in [0.2, 0.25) is 0 Å². The van der Waals surface area contributed by atoms with Crippen molar-refractivity contribution in [3.8, 4) is 0 Å². The number of nitrogens with zero attached hydrogens (tertiary/aromatic N) is 1. The molecule has 0 aromatic heterocycles. The second-order valence-corrected chi connectivity index (χ2v) is 12.6. The van der Waals surface area contributed by atoms with Crippen LogP contribution in [0, 0.1) is 5.92 Å². The lowest BCUT2D eigenvalue weighted by Crippen LogP contribution is -2.46. The van der Waals surface area contributed by atoms with E-state index in [0.717, 1.165) is 37.8 Å². The number of hydrogen-bond donors (Lipinski definition) is 0. The van der Waals surface area contributed by atoms with E-state index in [-0.39, 0.29) is 0 Å². The van der Waals surface area contributed by atoms with Crippen LogP contribution in [0.2, 0.25) is 19.1 Å². The van der Waals surface area contributed by atoms with Gasteiger partial charge in [-0.05, 0) is 29.9 Å². The third-order valence-corrected chi connectivity index (χ3v) is 9.58. The molecule has 2 aliphatic heterocycles. The van der Waals surface area contributed by atoms with Crippen molar-refractivity contribution >= 4 is 8.07 Å². The fourth-order valence-corrected chi connectivity index (χ4v) is 8.54. The maximum atomic E-state index is 5.47. The minimum Gasteiger partial charge on any atom is -0.379 e. The largest absolute Gasteiger partial charge is 0.379 e. The first kappa shape index (κ1) is 15.3.